The molecule has 0 radical (unpaired) electrons. The molecule has 0 aliphatic rings. The minimum absolute atomic E-state index is 0.0576. The lowest BCUT2D eigenvalue weighted by atomic mass is 10.2. The third kappa shape index (κ3) is 4.11. The van der Waals surface area contributed by atoms with Gasteiger partial charge in [-0.1, -0.05) is 28.9 Å². The van der Waals surface area contributed by atoms with Crippen LogP contribution in [0.4, 0.5) is 0 Å². The van der Waals surface area contributed by atoms with Crippen molar-refractivity contribution in [2.45, 2.75) is 11.4 Å². The fraction of sp³-hybridized carbons (Fsp3) is 0.222. The Labute approximate surface area is 167 Å². The van der Waals surface area contributed by atoms with Crippen LogP contribution >= 0.6 is 11.6 Å². The molecule has 28 heavy (non-hydrogen) atoms. The van der Waals surface area contributed by atoms with Crippen LogP contribution < -0.4 is 9.47 Å². The van der Waals surface area contributed by atoms with Crippen molar-refractivity contribution in [1.29, 1.82) is 0 Å². The molecule has 0 aliphatic carbocycles. The van der Waals surface area contributed by atoms with Crippen LogP contribution in [0.3, 0.4) is 0 Å². The van der Waals surface area contributed by atoms with Gasteiger partial charge < -0.3 is 14.0 Å². The highest BCUT2D eigenvalue weighted by Gasteiger charge is 2.24. The first kappa shape index (κ1) is 20.1. The number of ether oxygens (including phenoxy) is 2. The minimum atomic E-state index is -3.81. The van der Waals surface area contributed by atoms with Crippen molar-refractivity contribution in [3.05, 3.63) is 53.4 Å². The van der Waals surface area contributed by atoms with Crippen LogP contribution in [0.15, 0.2) is 51.9 Å². The zero-order valence-corrected chi connectivity index (χ0v) is 17.0. The Morgan fingerprint density at radius 1 is 1.11 bits per heavy atom. The van der Waals surface area contributed by atoms with Gasteiger partial charge in [-0.2, -0.15) is 9.29 Å². The fourth-order valence-electron chi connectivity index (χ4n) is 2.50. The van der Waals surface area contributed by atoms with Gasteiger partial charge in [0.15, 0.2) is 11.5 Å². The third-order valence-corrected chi connectivity index (χ3v) is 6.01. The summed E-state index contributed by atoms with van der Waals surface area (Å²) < 4.78 is 42.3. The van der Waals surface area contributed by atoms with Gasteiger partial charge in [0.1, 0.15) is 0 Å². The molecule has 0 saturated carbocycles. The van der Waals surface area contributed by atoms with Gasteiger partial charge in [0, 0.05) is 23.7 Å². The van der Waals surface area contributed by atoms with Gasteiger partial charge in [0.25, 0.3) is 0 Å². The van der Waals surface area contributed by atoms with Crippen LogP contribution in [0.2, 0.25) is 5.02 Å². The number of rotatable bonds is 7. The van der Waals surface area contributed by atoms with Crippen molar-refractivity contribution >= 4 is 21.6 Å². The van der Waals surface area contributed by atoms with E-state index in [1.165, 1.54) is 39.5 Å². The first-order valence-electron chi connectivity index (χ1n) is 8.12. The van der Waals surface area contributed by atoms with Gasteiger partial charge in [-0.25, -0.2) is 8.42 Å². The maximum atomic E-state index is 12.8. The van der Waals surface area contributed by atoms with Crippen molar-refractivity contribution in [1.82, 2.24) is 14.4 Å². The smallest absolute Gasteiger partial charge is 0.243 e. The highest BCUT2D eigenvalue weighted by molar-refractivity contribution is 7.89. The summed E-state index contributed by atoms with van der Waals surface area (Å²) in [6, 6.07) is 11.3. The van der Waals surface area contributed by atoms with E-state index in [2.05, 4.69) is 10.1 Å². The topological polar surface area (TPSA) is 94.8 Å². The molecule has 0 saturated heterocycles. The van der Waals surface area contributed by atoms with E-state index in [1.807, 2.05) is 0 Å². The second kappa shape index (κ2) is 8.17. The second-order valence-electron chi connectivity index (χ2n) is 5.80. The van der Waals surface area contributed by atoms with Crippen molar-refractivity contribution in [2.24, 2.45) is 0 Å². The Morgan fingerprint density at radius 3 is 2.54 bits per heavy atom. The molecule has 8 nitrogen and oxygen atoms in total. The quantitative estimate of drug-likeness (QED) is 0.575. The van der Waals surface area contributed by atoms with Crippen LogP contribution in [0, 0.1) is 0 Å². The van der Waals surface area contributed by atoms with Crippen molar-refractivity contribution in [3.63, 3.8) is 0 Å². The largest absolute Gasteiger partial charge is 0.493 e. The zero-order chi connectivity index (χ0) is 20.3. The number of hydrogen-bond donors (Lipinski definition) is 0. The average molecular weight is 424 g/mol. The Morgan fingerprint density at radius 2 is 1.86 bits per heavy atom. The summed E-state index contributed by atoms with van der Waals surface area (Å²) in [7, 11) is 0.534. The standard InChI is InChI=1S/C18H18ClN3O5S/c1-22(28(23,24)14-7-8-15(25-2)16(10-14)26-3)11-17-20-18(21-27-17)12-5-4-6-13(19)9-12/h4-10H,11H2,1-3H3. The molecule has 0 spiro atoms. The van der Waals surface area contributed by atoms with E-state index >= 15 is 0 Å². The van der Waals surface area contributed by atoms with Gasteiger partial charge in [-0.3, -0.25) is 0 Å². The summed E-state index contributed by atoms with van der Waals surface area (Å²) in [6.07, 6.45) is 0. The molecule has 0 fully saturated rings. The van der Waals surface area contributed by atoms with Crippen molar-refractivity contribution in [3.8, 4) is 22.9 Å². The van der Waals surface area contributed by atoms with E-state index in [0.717, 1.165) is 4.31 Å². The summed E-state index contributed by atoms with van der Waals surface area (Å²) in [5, 5.41) is 4.42. The first-order valence-corrected chi connectivity index (χ1v) is 9.94. The fourth-order valence-corrected chi connectivity index (χ4v) is 3.82. The van der Waals surface area contributed by atoms with E-state index in [1.54, 1.807) is 24.3 Å². The summed E-state index contributed by atoms with van der Waals surface area (Å²) in [5.41, 5.74) is 0.674. The molecule has 0 amide bonds. The molecule has 2 aromatic carbocycles. The highest BCUT2D eigenvalue weighted by Crippen LogP contribution is 2.30. The van der Waals surface area contributed by atoms with E-state index in [4.69, 9.17) is 25.6 Å². The molecule has 1 heterocycles. The summed E-state index contributed by atoms with van der Waals surface area (Å²) in [4.78, 5) is 4.30. The molecule has 0 bridgehead atoms. The molecule has 1 aromatic heterocycles. The van der Waals surface area contributed by atoms with Crippen LogP contribution in [-0.4, -0.2) is 44.1 Å². The number of nitrogens with zero attached hydrogens (tertiary/aromatic N) is 3. The normalized spacial score (nSPS) is 11.6. The van der Waals surface area contributed by atoms with E-state index in [-0.39, 0.29) is 17.3 Å². The maximum Gasteiger partial charge on any atom is 0.243 e. The van der Waals surface area contributed by atoms with Crippen LogP contribution in [0.5, 0.6) is 11.5 Å². The van der Waals surface area contributed by atoms with Crippen molar-refractivity contribution in [2.75, 3.05) is 21.3 Å². The lowest BCUT2D eigenvalue weighted by Crippen LogP contribution is -2.26. The first-order chi connectivity index (χ1) is 13.3. The average Bonchev–Trinajstić information content (AvgIpc) is 3.15. The monoisotopic (exact) mass is 423 g/mol. The molecule has 0 atom stereocenters. The lowest BCUT2D eigenvalue weighted by molar-refractivity contribution is 0.336. The van der Waals surface area contributed by atoms with Crippen LogP contribution in [-0.2, 0) is 16.6 Å². The Balaban J connectivity index is 1.81. The summed E-state index contributed by atoms with van der Waals surface area (Å²) in [6.45, 7) is -0.0930. The second-order valence-corrected chi connectivity index (χ2v) is 8.28. The predicted molar refractivity (Wildman–Crippen MR) is 103 cm³/mol. The SMILES string of the molecule is COc1ccc(S(=O)(=O)N(C)Cc2nc(-c3cccc(Cl)c3)no2)cc1OC. The molecule has 0 N–H and O–H groups in total. The zero-order valence-electron chi connectivity index (χ0n) is 15.4. The number of hydrogen-bond acceptors (Lipinski definition) is 7. The molecule has 0 unspecified atom stereocenters. The van der Waals surface area contributed by atoms with E-state index in [0.29, 0.717) is 27.9 Å². The van der Waals surface area contributed by atoms with Crippen LogP contribution in [0.1, 0.15) is 5.89 Å². The predicted octanol–water partition coefficient (Wildman–Crippen LogP) is 3.23. The highest BCUT2D eigenvalue weighted by atomic mass is 35.5. The molecule has 10 heteroatoms. The van der Waals surface area contributed by atoms with E-state index < -0.39 is 10.0 Å². The Kier molecular flexibility index (Phi) is 5.87. The van der Waals surface area contributed by atoms with E-state index in [9.17, 15) is 8.42 Å². The molecular formula is C18H18ClN3O5S. The van der Waals surface area contributed by atoms with Gasteiger partial charge in [-0.05, 0) is 24.3 Å². The van der Waals surface area contributed by atoms with Gasteiger partial charge in [-0.15, -0.1) is 0 Å². The van der Waals surface area contributed by atoms with Crippen molar-refractivity contribution < 1.29 is 22.4 Å². The molecule has 3 rings (SSSR count). The Bertz CT molecular complexity index is 1080. The number of aromatic nitrogens is 2. The number of methoxy groups -OCH3 is 2. The maximum absolute atomic E-state index is 12.8. The molecule has 0 aliphatic heterocycles. The molecular weight excluding hydrogens is 406 g/mol. The number of sulfonamides is 1. The summed E-state index contributed by atoms with van der Waals surface area (Å²) >= 11 is 5.97. The number of halogens is 1. The third-order valence-electron chi connectivity index (χ3n) is 3.97. The van der Waals surface area contributed by atoms with Gasteiger partial charge in [0.2, 0.25) is 21.7 Å². The van der Waals surface area contributed by atoms with Gasteiger partial charge in [0.05, 0.1) is 25.7 Å². The number of benzene rings is 2. The summed E-state index contributed by atoms with van der Waals surface area (Å²) in [5.74, 6) is 1.24. The molecule has 148 valence electrons. The Hall–Kier alpha value is -2.62. The minimum Gasteiger partial charge on any atom is -0.493 e. The lowest BCUT2D eigenvalue weighted by Gasteiger charge is -2.16. The molecule has 3 aromatic rings. The van der Waals surface area contributed by atoms with Gasteiger partial charge >= 0.3 is 0 Å². The van der Waals surface area contributed by atoms with Crippen LogP contribution in [0.25, 0.3) is 11.4 Å².